The Kier molecular flexibility index (Phi) is 7.23. The van der Waals surface area contributed by atoms with Crippen LogP contribution in [-0.4, -0.2) is 69.7 Å². The zero-order valence-electron chi connectivity index (χ0n) is 19.4. The van der Waals surface area contributed by atoms with E-state index in [0.29, 0.717) is 39.2 Å². The number of halogens is 3. The number of aromatic nitrogens is 2. The molecule has 1 aromatic heterocycles. The molecule has 3 N–H and O–H groups in total. The van der Waals surface area contributed by atoms with E-state index >= 15 is 0 Å². The molecule has 0 spiro atoms. The van der Waals surface area contributed by atoms with Crippen LogP contribution in [-0.2, 0) is 0 Å². The van der Waals surface area contributed by atoms with E-state index < -0.39 is 17.9 Å². The van der Waals surface area contributed by atoms with Crippen molar-refractivity contribution < 1.29 is 23.4 Å². The van der Waals surface area contributed by atoms with E-state index in [-0.39, 0.29) is 50.5 Å². The number of aliphatic hydroxyl groups excluding tert-OH is 1. The fourth-order valence-electron chi connectivity index (χ4n) is 4.17. The number of carbonyl (C=O) groups is 1. The van der Waals surface area contributed by atoms with Gasteiger partial charge in [0.05, 0.1) is 47.4 Å². The summed E-state index contributed by atoms with van der Waals surface area (Å²) in [7, 11) is 0. The lowest BCUT2D eigenvalue weighted by atomic mass is 10.1. The van der Waals surface area contributed by atoms with E-state index in [9.17, 15) is 18.7 Å². The molecule has 1 saturated heterocycles. The second-order valence-corrected chi connectivity index (χ2v) is 8.91. The summed E-state index contributed by atoms with van der Waals surface area (Å²) >= 11 is 6.17. The summed E-state index contributed by atoms with van der Waals surface area (Å²) < 4.78 is 33.5. The van der Waals surface area contributed by atoms with Gasteiger partial charge in [-0.1, -0.05) is 11.6 Å². The number of aryl methyl sites for hydroxylation is 2. The highest BCUT2D eigenvalue weighted by molar-refractivity contribution is 6.31. The molecule has 2 aliphatic heterocycles. The second kappa shape index (κ2) is 10.2. The summed E-state index contributed by atoms with van der Waals surface area (Å²) in [5.41, 5.74) is 9.17. The number of benzene rings is 1. The minimum atomic E-state index is -1.09. The number of hydrogen-bond acceptors (Lipinski definition) is 7. The monoisotopic (exact) mass is 505 g/mol. The number of nitrogens with two attached hydrogens (primary N) is 1. The van der Waals surface area contributed by atoms with Crippen molar-refractivity contribution in [1.29, 1.82) is 0 Å². The maximum absolute atomic E-state index is 14.0. The van der Waals surface area contributed by atoms with Gasteiger partial charge < -0.3 is 25.4 Å². The zero-order valence-corrected chi connectivity index (χ0v) is 20.1. The lowest BCUT2D eigenvalue weighted by Crippen LogP contribution is -2.30. The molecule has 1 unspecified atom stereocenters. The van der Waals surface area contributed by atoms with Gasteiger partial charge in [0.2, 0.25) is 0 Å². The van der Waals surface area contributed by atoms with E-state index in [1.165, 1.54) is 23.3 Å². The molecule has 11 heteroatoms. The number of amides is 1. The highest BCUT2D eigenvalue weighted by Gasteiger charge is 2.30. The van der Waals surface area contributed by atoms with Crippen molar-refractivity contribution >= 4 is 23.1 Å². The van der Waals surface area contributed by atoms with Crippen LogP contribution in [0.1, 0.15) is 34.0 Å². The number of allylic oxidation sites excluding steroid dienone is 1. The zero-order chi connectivity index (χ0) is 25.3. The first-order chi connectivity index (χ1) is 16.7. The molecule has 4 rings (SSSR count). The lowest BCUT2D eigenvalue weighted by molar-refractivity contribution is 0.0796. The maximum atomic E-state index is 14.0. The topological polar surface area (TPSA) is 105 Å². The molecular formula is C24H26ClF2N5O3. The largest absolute Gasteiger partial charge is 0.462 e. The SMILES string of the molecule is Cc1nc(C2=C(N)CN(C(=O)c3ccc(F)cc3O/C=C3\CC(F)CN3CCO)C2)nc(C)c1Cl. The normalized spacial score (nSPS) is 19.3. The van der Waals surface area contributed by atoms with Crippen LogP contribution in [0.3, 0.4) is 0 Å². The van der Waals surface area contributed by atoms with Crippen molar-refractivity contribution in [2.45, 2.75) is 26.4 Å². The Morgan fingerprint density at radius 1 is 1.31 bits per heavy atom. The Morgan fingerprint density at radius 3 is 2.71 bits per heavy atom. The Bertz CT molecular complexity index is 1200. The van der Waals surface area contributed by atoms with Gasteiger partial charge in [0, 0.05) is 36.8 Å². The number of ether oxygens (including phenoxy) is 1. The van der Waals surface area contributed by atoms with Crippen LogP contribution in [0.5, 0.6) is 5.75 Å². The molecule has 2 aliphatic rings. The van der Waals surface area contributed by atoms with Crippen molar-refractivity contribution in [2.75, 3.05) is 32.8 Å². The Labute approximate surface area is 206 Å². The molecular weight excluding hydrogens is 480 g/mol. The van der Waals surface area contributed by atoms with E-state index in [4.69, 9.17) is 22.1 Å². The highest BCUT2D eigenvalue weighted by atomic mass is 35.5. The number of alkyl halides is 1. The van der Waals surface area contributed by atoms with Crippen molar-refractivity contribution in [3.8, 4) is 5.75 Å². The fraction of sp³-hybridized carbons (Fsp3) is 0.375. The summed E-state index contributed by atoms with van der Waals surface area (Å²) in [5.74, 6) is -0.600. The van der Waals surface area contributed by atoms with E-state index in [2.05, 4.69) is 9.97 Å². The first-order valence-corrected chi connectivity index (χ1v) is 11.5. The van der Waals surface area contributed by atoms with E-state index in [1.54, 1.807) is 18.7 Å². The lowest BCUT2D eigenvalue weighted by Gasteiger charge is -2.20. The smallest absolute Gasteiger partial charge is 0.258 e. The van der Waals surface area contributed by atoms with Gasteiger partial charge in [-0.3, -0.25) is 4.79 Å². The van der Waals surface area contributed by atoms with Crippen LogP contribution in [0.4, 0.5) is 8.78 Å². The molecule has 0 saturated carbocycles. The van der Waals surface area contributed by atoms with Gasteiger partial charge in [-0.25, -0.2) is 18.7 Å². The first kappa shape index (κ1) is 24.9. The summed E-state index contributed by atoms with van der Waals surface area (Å²) in [6.45, 7) is 4.08. The third kappa shape index (κ3) is 5.23. The predicted molar refractivity (Wildman–Crippen MR) is 127 cm³/mol. The minimum absolute atomic E-state index is 0.00444. The third-order valence-corrected chi connectivity index (χ3v) is 6.51. The fourth-order valence-corrected chi connectivity index (χ4v) is 4.26. The Balaban J connectivity index is 1.55. The van der Waals surface area contributed by atoms with Crippen LogP contribution in [0, 0.1) is 19.7 Å². The molecule has 1 aromatic carbocycles. The maximum Gasteiger partial charge on any atom is 0.258 e. The van der Waals surface area contributed by atoms with E-state index in [0.717, 1.165) is 6.07 Å². The van der Waals surface area contributed by atoms with Gasteiger partial charge in [-0.15, -0.1) is 0 Å². The van der Waals surface area contributed by atoms with Gasteiger partial charge in [0.15, 0.2) is 5.82 Å². The van der Waals surface area contributed by atoms with Crippen LogP contribution >= 0.6 is 11.6 Å². The summed E-state index contributed by atoms with van der Waals surface area (Å²) in [5, 5.41) is 9.67. The van der Waals surface area contributed by atoms with Gasteiger partial charge in [-0.05, 0) is 26.0 Å². The van der Waals surface area contributed by atoms with Crippen molar-refractivity contribution in [3.63, 3.8) is 0 Å². The first-order valence-electron chi connectivity index (χ1n) is 11.1. The number of β-amino-alcohol motifs (C(OH)–C–C–N with tert-alkyl or cyclic N) is 1. The Hall–Kier alpha value is -3.24. The number of carbonyl (C=O) groups excluding carboxylic acids is 1. The standard InChI is InChI=1S/C24H26ClF2N5O3/c1-13-22(25)14(2)30-23(29-13)19-10-32(11-20(19)28)24(34)18-4-3-15(26)8-21(18)35-12-17-7-16(27)9-31(17)5-6-33/h3-4,8,12,16,33H,5-7,9-11,28H2,1-2H3/b17-12+. The summed E-state index contributed by atoms with van der Waals surface area (Å²) in [4.78, 5) is 25.3. The van der Waals surface area contributed by atoms with Crippen molar-refractivity contribution in [3.05, 3.63) is 69.5 Å². The second-order valence-electron chi connectivity index (χ2n) is 8.54. The molecule has 0 bridgehead atoms. The van der Waals surface area contributed by atoms with Crippen LogP contribution in [0.2, 0.25) is 5.02 Å². The molecule has 0 radical (unpaired) electrons. The molecule has 186 valence electrons. The highest BCUT2D eigenvalue weighted by Crippen LogP contribution is 2.30. The minimum Gasteiger partial charge on any atom is -0.462 e. The van der Waals surface area contributed by atoms with Gasteiger partial charge in [-0.2, -0.15) is 0 Å². The molecule has 0 aliphatic carbocycles. The number of rotatable bonds is 6. The number of hydrogen-bond donors (Lipinski definition) is 2. The quantitative estimate of drug-likeness (QED) is 0.581. The number of nitrogens with zero attached hydrogens (tertiary/aromatic N) is 4. The van der Waals surface area contributed by atoms with E-state index in [1.807, 2.05) is 0 Å². The molecule has 35 heavy (non-hydrogen) atoms. The van der Waals surface area contributed by atoms with Gasteiger partial charge in [0.25, 0.3) is 5.91 Å². The van der Waals surface area contributed by atoms with Gasteiger partial charge in [0.1, 0.15) is 24.0 Å². The average Bonchev–Trinajstić information content (AvgIpc) is 3.37. The Morgan fingerprint density at radius 2 is 2.03 bits per heavy atom. The average molecular weight is 506 g/mol. The summed E-state index contributed by atoms with van der Waals surface area (Å²) in [6.07, 6.45) is 0.314. The molecule has 1 amide bonds. The third-order valence-electron chi connectivity index (χ3n) is 5.96. The van der Waals surface area contributed by atoms with Crippen molar-refractivity contribution in [2.24, 2.45) is 5.73 Å². The molecule has 8 nitrogen and oxygen atoms in total. The van der Waals surface area contributed by atoms with Gasteiger partial charge >= 0.3 is 0 Å². The van der Waals surface area contributed by atoms with Crippen molar-refractivity contribution in [1.82, 2.24) is 19.8 Å². The molecule has 3 heterocycles. The van der Waals surface area contributed by atoms with Crippen LogP contribution in [0.15, 0.2) is 35.9 Å². The number of aliphatic hydroxyl groups is 1. The molecule has 1 fully saturated rings. The van der Waals surface area contributed by atoms with Crippen LogP contribution in [0.25, 0.3) is 5.57 Å². The number of likely N-dealkylation sites (tertiary alicyclic amines) is 1. The van der Waals surface area contributed by atoms with Crippen LogP contribution < -0.4 is 10.5 Å². The predicted octanol–water partition coefficient (Wildman–Crippen LogP) is 2.97. The molecule has 1 atom stereocenters. The summed E-state index contributed by atoms with van der Waals surface area (Å²) in [6, 6.07) is 3.61. The molecule has 2 aromatic rings.